The second kappa shape index (κ2) is 6.63. The minimum atomic E-state index is -0.143. The standard InChI is InChI=1S/C14H14N4OS/c15-14(20)18-12-5-3-11(4-6-12)13(19)17-9-10-2-1-7-16-8-10/h1-8H,9H2,(H,17,19)(H3,15,18,20). The molecule has 102 valence electrons. The van der Waals surface area contributed by atoms with E-state index in [1.807, 2.05) is 12.1 Å². The van der Waals surface area contributed by atoms with Crippen molar-refractivity contribution >= 4 is 28.9 Å². The van der Waals surface area contributed by atoms with Crippen LogP contribution in [0, 0.1) is 0 Å². The molecule has 0 aliphatic heterocycles. The molecule has 0 aliphatic rings. The van der Waals surface area contributed by atoms with Crippen molar-refractivity contribution in [3.8, 4) is 0 Å². The van der Waals surface area contributed by atoms with Gasteiger partial charge in [0, 0.05) is 30.2 Å². The summed E-state index contributed by atoms with van der Waals surface area (Å²) in [6, 6.07) is 10.6. The van der Waals surface area contributed by atoms with Gasteiger partial charge >= 0.3 is 0 Å². The molecule has 0 aliphatic carbocycles. The molecule has 1 aromatic carbocycles. The molecule has 2 rings (SSSR count). The van der Waals surface area contributed by atoms with Crippen LogP contribution in [0.2, 0.25) is 0 Å². The summed E-state index contributed by atoms with van der Waals surface area (Å²) in [5.74, 6) is -0.143. The van der Waals surface area contributed by atoms with E-state index < -0.39 is 0 Å². The Hall–Kier alpha value is -2.47. The Morgan fingerprint density at radius 1 is 1.25 bits per heavy atom. The second-order valence-corrected chi connectivity index (χ2v) is 4.55. The van der Waals surface area contributed by atoms with Gasteiger partial charge in [-0.3, -0.25) is 9.78 Å². The van der Waals surface area contributed by atoms with Crippen molar-refractivity contribution in [2.75, 3.05) is 5.32 Å². The van der Waals surface area contributed by atoms with Gasteiger partial charge in [0.1, 0.15) is 0 Å². The van der Waals surface area contributed by atoms with Gasteiger partial charge in [0.25, 0.3) is 5.91 Å². The molecule has 4 N–H and O–H groups in total. The fraction of sp³-hybridized carbons (Fsp3) is 0.0714. The van der Waals surface area contributed by atoms with Crippen molar-refractivity contribution < 1.29 is 4.79 Å². The number of hydrogen-bond donors (Lipinski definition) is 3. The van der Waals surface area contributed by atoms with E-state index in [0.717, 1.165) is 11.3 Å². The number of anilines is 1. The van der Waals surface area contributed by atoms with Crippen molar-refractivity contribution in [1.29, 1.82) is 0 Å². The van der Waals surface area contributed by atoms with Gasteiger partial charge in [0.2, 0.25) is 0 Å². The van der Waals surface area contributed by atoms with Crippen molar-refractivity contribution in [3.05, 3.63) is 59.9 Å². The summed E-state index contributed by atoms with van der Waals surface area (Å²) in [6.07, 6.45) is 3.41. The van der Waals surface area contributed by atoms with Crippen LogP contribution < -0.4 is 16.4 Å². The molecule has 6 heteroatoms. The van der Waals surface area contributed by atoms with Crippen molar-refractivity contribution in [1.82, 2.24) is 10.3 Å². The van der Waals surface area contributed by atoms with Gasteiger partial charge in [-0.25, -0.2) is 0 Å². The molecule has 5 nitrogen and oxygen atoms in total. The lowest BCUT2D eigenvalue weighted by atomic mass is 10.2. The molecule has 1 heterocycles. The molecule has 0 atom stereocenters. The van der Waals surface area contributed by atoms with E-state index in [2.05, 4.69) is 15.6 Å². The van der Waals surface area contributed by atoms with E-state index in [1.165, 1.54) is 0 Å². The van der Waals surface area contributed by atoms with Crippen LogP contribution in [-0.4, -0.2) is 16.0 Å². The molecule has 20 heavy (non-hydrogen) atoms. The zero-order valence-corrected chi connectivity index (χ0v) is 11.5. The summed E-state index contributed by atoms with van der Waals surface area (Å²) in [6.45, 7) is 0.444. The Morgan fingerprint density at radius 2 is 2.00 bits per heavy atom. The molecule has 0 fully saturated rings. The van der Waals surface area contributed by atoms with Crippen LogP contribution in [0.3, 0.4) is 0 Å². The summed E-state index contributed by atoms with van der Waals surface area (Å²) in [7, 11) is 0. The first-order valence-electron chi connectivity index (χ1n) is 5.99. The highest BCUT2D eigenvalue weighted by molar-refractivity contribution is 7.80. The van der Waals surface area contributed by atoms with Gasteiger partial charge in [-0.1, -0.05) is 6.07 Å². The predicted molar refractivity (Wildman–Crippen MR) is 82.3 cm³/mol. The molecule has 0 saturated carbocycles. The number of carbonyl (C=O) groups excluding carboxylic acids is 1. The van der Waals surface area contributed by atoms with Crippen LogP contribution in [0.1, 0.15) is 15.9 Å². The number of nitrogens with two attached hydrogens (primary N) is 1. The third-order valence-corrected chi connectivity index (χ3v) is 2.69. The quantitative estimate of drug-likeness (QED) is 0.745. The third-order valence-electron chi connectivity index (χ3n) is 2.59. The van der Waals surface area contributed by atoms with E-state index in [1.54, 1.807) is 36.7 Å². The Balaban J connectivity index is 1.94. The molecule has 0 unspecified atom stereocenters. The minimum absolute atomic E-state index is 0.143. The fourth-order valence-electron chi connectivity index (χ4n) is 1.63. The fourth-order valence-corrected chi connectivity index (χ4v) is 1.75. The molecule has 0 saturated heterocycles. The highest BCUT2D eigenvalue weighted by Crippen LogP contribution is 2.09. The number of benzene rings is 1. The highest BCUT2D eigenvalue weighted by atomic mass is 32.1. The van der Waals surface area contributed by atoms with Crippen LogP contribution in [0.25, 0.3) is 0 Å². The van der Waals surface area contributed by atoms with Crippen LogP contribution in [0.15, 0.2) is 48.8 Å². The van der Waals surface area contributed by atoms with Gasteiger partial charge in [-0.15, -0.1) is 0 Å². The van der Waals surface area contributed by atoms with Gasteiger partial charge in [0.05, 0.1) is 0 Å². The summed E-state index contributed by atoms with van der Waals surface area (Å²) < 4.78 is 0. The maximum atomic E-state index is 11.9. The van der Waals surface area contributed by atoms with Crippen LogP contribution in [0.5, 0.6) is 0 Å². The lowest BCUT2D eigenvalue weighted by Crippen LogP contribution is -2.23. The van der Waals surface area contributed by atoms with Gasteiger partial charge in [-0.2, -0.15) is 0 Å². The molecular weight excluding hydrogens is 272 g/mol. The molecule has 0 bridgehead atoms. The first kappa shape index (κ1) is 14.0. The van der Waals surface area contributed by atoms with E-state index in [-0.39, 0.29) is 11.0 Å². The number of amides is 1. The summed E-state index contributed by atoms with van der Waals surface area (Å²) in [4.78, 5) is 15.9. The lowest BCUT2D eigenvalue weighted by molar-refractivity contribution is 0.0951. The average Bonchev–Trinajstić information content (AvgIpc) is 2.46. The van der Waals surface area contributed by atoms with E-state index in [4.69, 9.17) is 18.0 Å². The molecular formula is C14H14N4OS. The zero-order valence-electron chi connectivity index (χ0n) is 10.7. The van der Waals surface area contributed by atoms with E-state index >= 15 is 0 Å². The SMILES string of the molecule is NC(=S)Nc1ccc(C(=O)NCc2cccnc2)cc1. The minimum Gasteiger partial charge on any atom is -0.376 e. The Labute approximate surface area is 122 Å². The number of aromatic nitrogens is 1. The van der Waals surface area contributed by atoms with Crippen LogP contribution >= 0.6 is 12.2 Å². The third kappa shape index (κ3) is 4.03. The number of thiocarbonyl (C=S) groups is 1. The average molecular weight is 286 g/mol. The molecule has 0 radical (unpaired) electrons. The molecule has 1 aromatic heterocycles. The van der Waals surface area contributed by atoms with Gasteiger partial charge in [0.15, 0.2) is 5.11 Å². The number of nitrogens with one attached hydrogen (secondary N) is 2. The maximum Gasteiger partial charge on any atom is 0.251 e. The largest absolute Gasteiger partial charge is 0.376 e. The van der Waals surface area contributed by atoms with Crippen molar-refractivity contribution in [2.24, 2.45) is 5.73 Å². The highest BCUT2D eigenvalue weighted by Gasteiger charge is 2.05. The summed E-state index contributed by atoms with van der Waals surface area (Å²) in [5.41, 5.74) is 7.64. The Kier molecular flexibility index (Phi) is 4.62. The monoisotopic (exact) mass is 286 g/mol. The zero-order chi connectivity index (χ0) is 14.4. The summed E-state index contributed by atoms with van der Waals surface area (Å²) >= 11 is 4.74. The topological polar surface area (TPSA) is 80.0 Å². The van der Waals surface area contributed by atoms with E-state index in [9.17, 15) is 4.79 Å². The van der Waals surface area contributed by atoms with Gasteiger partial charge < -0.3 is 16.4 Å². The first-order chi connectivity index (χ1) is 9.65. The van der Waals surface area contributed by atoms with Crippen LogP contribution in [-0.2, 0) is 6.54 Å². The van der Waals surface area contributed by atoms with Crippen molar-refractivity contribution in [3.63, 3.8) is 0 Å². The van der Waals surface area contributed by atoms with Gasteiger partial charge in [-0.05, 0) is 48.1 Å². The number of hydrogen-bond acceptors (Lipinski definition) is 3. The normalized spacial score (nSPS) is 9.80. The first-order valence-corrected chi connectivity index (χ1v) is 6.39. The molecule has 2 aromatic rings. The Morgan fingerprint density at radius 3 is 2.60 bits per heavy atom. The number of rotatable bonds is 4. The van der Waals surface area contributed by atoms with Crippen LogP contribution in [0.4, 0.5) is 5.69 Å². The number of pyridine rings is 1. The number of nitrogens with zero attached hydrogens (tertiary/aromatic N) is 1. The Bertz CT molecular complexity index is 598. The second-order valence-electron chi connectivity index (χ2n) is 4.11. The molecule has 0 spiro atoms. The smallest absolute Gasteiger partial charge is 0.251 e. The van der Waals surface area contributed by atoms with E-state index in [0.29, 0.717) is 12.1 Å². The molecule has 1 amide bonds. The van der Waals surface area contributed by atoms with Crippen molar-refractivity contribution in [2.45, 2.75) is 6.54 Å². The predicted octanol–water partition coefficient (Wildman–Crippen LogP) is 1.67. The maximum absolute atomic E-state index is 11.9. The summed E-state index contributed by atoms with van der Waals surface area (Å²) in [5, 5.41) is 5.82. The lowest BCUT2D eigenvalue weighted by Gasteiger charge is -2.07. The number of carbonyl (C=O) groups is 1.